The predicted octanol–water partition coefficient (Wildman–Crippen LogP) is 3.02. The summed E-state index contributed by atoms with van der Waals surface area (Å²) in [6, 6.07) is 6.20. The highest BCUT2D eigenvalue weighted by Crippen LogP contribution is 2.28. The van der Waals surface area contributed by atoms with Crippen molar-refractivity contribution in [2.24, 2.45) is 0 Å². The maximum Gasteiger partial charge on any atom is 0.122 e. The molecule has 19 heavy (non-hydrogen) atoms. The third kappa shape index (κ3) is 4.51. The van der Waals surface area contributed by atoms with E-state index in [9.17, 15) is 10.2 Å². The van der Waals surface area contributed by atoms with Gasteiger partial charge in [0.2, 0.25) is 0 Å². The summed E-state index contributed by atoms with van der Waals surface area (Å²) >= 11 is 0. The minimum Gasteiger partial charge on any atom is -0.496 e. The van der Waals surface area contributed by atoms with Crippen LogP contribution >= 0.6 is 0 Å². The van der Waals surface area contributed by atoms with Gasteiger partial charge in [0.15, 0.2) is 0 Å². The lowest BCUT2D eigenvalue weighted by Crippen LogP contribution is -2.35. The first-order valence-electron chi connectivity index (χ1n) is 6.80. The van der Waals surface area contributed by atoms with Crippen molar-refractivity contribution in [3.05, 3.63) is 29.3 Å². The fourth-order valence-corrected chi connectivity index (χ4v) is 2.07. The summed E-state index contributed by atoms with van der Waals surface area (Å²) < 4.78 is 5.33. The van der Waals surface area contributed by atoms with Gasteiger partial charge in [-0.3, -0.25) is 0 Å². The first-order valence-corrected chi connectivity index (χ1v) is 6.80. The molecule has 0 radical (unpaired) electrons. The number of aliphatic hydroxyl groups is 2. The summed E-state index contributed by atoms with van der Waals surface area (Å²) in [5.41, 5.74) is 1.28. The van der Waals surface area contributed by atoms with E-state index in [4.69, 9.17) is 4.74 Å². The largest absolute Gasteiger partial charge is 0.496 e. The molecule has 1 rings (SSSR count). The Balaban J connectivity index is 2.66. The van der Waals surface area contributed by atoms with Crippen LogP contribution in [-0.4, -0.2) is 29.0 Å². The third-order valence-electron chi connectivity index (χ3n) is 3.69. The highest BCUT2D eigenvalue weighted by Gasteiger charge is 2.24. The summed E-state index contributed by atoms with van der Waals surface area (Å²) in [6.07, 6.45) is 0.723. The standard InChI is InChI=1S/C16H26O3/c1-11(7-9-15(17)16(3,4)18)13-8-6-12(2)14(10-13)19-5/h6,8,10-11,15,17-18H,7,9H2,1-5H3/t11-,15+/m1/s1. The summed E-state index contributed by atoms with van der Waals surface area (Å²) in [5.74, 6) is 1.22. The van der Waals surface area contributed by atoms with Gasteiger partial charge in [0.1, 0.15) is 5.75 Å². The molecule has 0 spiro atoms. The molecule has 108 valence electrons. The van der Waals surface area contributed by atoms with Gasteiger partial charge in [-0.25, -0.2) is 0 Å². The van der Waals surface area contributed by atoms with Crippen molar-refractivity contribution in [3.8, 4) is 5.75 Å². The van der Waals surface area contributed by atoms with Gasteiger partial charge in [-0.1, -0.05) is 19.1 Å². The molecule has 0 amide bonds. The summed E-state index contributed by atoms with van der Waals surface area (Å²) in [7, 11) is 1.68. The Kier molecular flexibility index (Phi) is 5.39. The van der Waals surface area contributed by atoms with Crippen LogP contribution in [0.15, 0.2) is 18.2 Å². The number of methoxy groups -OCH3 is 1. The first kappa shape index (κ1) is 16.0. The molecule has 0 aliphatic carbocycles. The number of rotatable bonds is 6. The molecule has 0 fully saturated rings. The molecule has 0 aromatic heterocycles. The van der Waals surface area contributed by atoms with Gasteiger partial charge in [0, 0.05) is 0 Å². The monoisotopic (exact) mass is 266 g/mol. The van der Waals surface area contributed by atoms with Crippen LogP contribution in [0.4, 0.5) is 0 Å². The number of aryl methyl sites for hydroxylation is 1. The predicted molar refractivity (Wildman–Crippen MR) is 77.7 cm³/mol. The molecule has 0 aliphatic heterocycles. The molecule has 1 aromatic rings. The smallest absolute Gasteiger partial charge is 0.122 e. The van der Waals surface area contributed by atoms with Crippen LogP contribution in [0.1, 0.15) is 50.7 Å². The van der Waals surface area contributed by atoms with Crippen molar-refractivity contribution in [3.63, 3.8) is 0 Å². The van der Waals surface area contributed by atoms with E-state index in [-0.39, 0.29) is 0 Å². The summed E-state index contributed by atoms with van der Waals surface area (Å²) in [5, 5.41) is 19.6. The van der Waals surface area contributed by atoms with Crippen molar-refractivity contribution in [1.29, 1.82) is 0 Å². The van der Waals surface area contributed by atoms with Gasteiger partial charge in [0.05, 0.1) is 18.8 Å². The lowest BCUT2D eigenvalue weighted by Gasteiger charge is -2.25. The van der Waals surface area contributed by atoms with Crippen LogP contribution in [0.5, 0.6) is 5.75 Å². The number of ether oxygens (including phenoxy) is 1. The molecule has 2 N–H and O–H groups in total. The second kappa shape index (κ2) is 6.40. The topological polar surface area (TPSA) is 49.7 Å². The second-order valence-corrected chi connectivity index (χ2v) is 5.88. The molecule has 3 nitrogen and oxygen atoms in total. The van der Waals surface area contributed by atoms with Crippen LogP contribution < -0.4 is 4.74 Å². The van der Waals surface area contributed by atoms with Crippen molar-refractivity contribution in [2.45, 2.75) is 58.2 Å². The van der Waals surface area contributed by atoms with Gasteiger partial charge in [-0.05, 0) is 56.7 Å². The molecule has 0 bridgehead atoms. The van der Waals surface area contributed by atoms with E-state index in [0.717, 1.165) is 17.7 Å². The third-order valence-corrected chi connectivity index (χ3v) is 3.69. The van der Waals surface area contributed by atoms with Gasteiger partial charge in [-0.2, -0.15) is 0 Å². The van der Waals surface area contributed by atoms with Gasteiger partial charge in [0.25, 0.3) is 0 Å². The van der Waals surface area contributed by atoms with Crippen LogP contribution in [0, 0.1) is 6.92 Å². The second-order valence-electron chi connectivity index (χ2n) is 5.88. The molecule has 1 aromatic carbocycles. The zero-order valence-corrected chi connectivity index (χ0v) is 12.6. The zero-order valence-electron chi connectivity index (χ0n) is 12.6. The maximum absolute atomic E-state index is 9.85. The molecule has 0 heterocycles. The van der Waals surface area contributed by atoms with Crippen LogP contribution in [0.2, 0.25) is 0 Å². The number of hydrogen-bond acceptors (Lipinski definition) is 3. The molecule has 0 saturated heterocycles. The minimum absolute atomic E-state index is 0.325. The SMILES string of the molecule is COc1cc([C@H](C)CC[C@H](O)C(C)(C)O)ccc1C. The average Bonchev–Trinajstić information content (AvgIpc) is 2.34. The molecular weight excluding hydrogens is 240 g/mol. The zero-order chi connectivity index (χ0) is 14.6. The fourth-order valence-electron chi connectivity index (χ4n) is 2.07. The quantitative estimate of drug-likeness (QED) is 0.832. The maximum atomic E-state index is 9.85. The van der Waals surface area contributed by atoms with Crippen LogP contribution in [0.25, 0.3) is 0 Å². The number of aliphatic hydroxyl groups excluding tert-OH is 1. The van der Waals surface area contributed by atoms with Gasteiger partial charge < -0.3 is 14.9 Å². The van der Waals surface area contributed by atoms with E-state index in [1.54, 1.807) is 21.0 Å². The summed E-state index contributed by atoms with van der Waals surface area (Å²) in [6.45, 7) is 7.42. The molecular formula is C16H26O3. The lowest BCUT2D eigenvalue weighted by atomic mass is 9.90. The normalized spacial score (nSPS) is 15.1. The fraction of sp³-hybridized carbons (Fsp3) is 0.625. The Morgan fingerprint density at radius 1 is 1.26 bits per heavy atom. The Bertz CT molecular complexity index is 407. The van der Waals surface area contributed by atoms with E-state index >= 15 is 0 Å². The number of hydrogen-bond donors (Lipinski definition) is 2. The number of benzene rings is 1. The van der Waals surface area contributed by atoms with Crippen molar-refractivity contribution < 1.29 is 14.9 Å². The Morgan fingerprint density at radius 2 is 1.89 bits per heavy atom. The van der Waals surface area contributed by atoms with E-state index in [1.807, 2.05) is 6.92 Å². The van der Waals surface area contributed by atoms with E-state index in [1.165, 1.54) is 5.56 Å². The summed E-state index contributed by atoms with van der Waals surface area (Å²) in [4.78, 5) is 0. The van der Waals surface area contributed by atoms with Crippen molar-refractivity contribution in [1.82, 2.24) is 0 Å². The molecule has 3 heteroatoms. The van der Waals surface area contributed by atoms with E-state index in [0.29, 0.717) is 12.3 Å². The highest BCUT2D eigenvalue weighted by atomic mass is 16.5. The van der Waals surface area contributed by atoms with E-state index in [2.05, 4.69) is 25.1 Å². The Labute approximate surface area is 116 Å². The minimum atomic E-state index is -1.04. The highest BCUT2D eigenvalue weighted by molar-refractivity contribution is 5.37. The van der Waals surface area contributed by atoms with Crippen LogP contribution in [0.3, 0.4) is 0 Å². The van der Waals surface area contributed by atoms with E-state index < -0.39 is 11.7 Å². The van der Waals surface area contributed by atoms with Crippen LogP contribution in [-0.2, 0) is 0 Å². The van der Waals surface area contributed by atoms with Crippen molar-refractivity contribution in [2.75, 3.05) is 7.11 Å². The average molecular weight is 266 g/mol. The first-order chi connectivity index (χ1) is 8.75. The molecule has 2 atom stereocenters. The van der Waals surface area contributed by atoms with Crippen molar-refractivity contribution >= 4 is 0 Å². The van der Waals surface area contributed by atoms with Gasteiger partial charge in [-0.15, -0.1) is 0 Å². The Morgan fingerprint density at radius 3 is 2.42 bits per heavy atom. The lowest BCUT2D eigenvalue weighted by molar-refractivity contribution is -0.0525. The molecule has 0 unspecified atom stereocenters. The van der Waals surface area contributed by atoms with Gasteiger partial charge >= 0.3 is 0 Å². The molecule has 0 saturated carbocycles. The molecule has 0 aliphatic rings. The Hall–Kier alpha value is -1.06.